The van der Waals surface area contributed by atoms with Gasteiger partial charge >= 0.3 is 0 Å². The van der Waals surface area contributed by atoms with Gasteiger partial charge in [-0.3, -0.25) is 4.98 Å². The number of aromatic hydroxyl groups is 1. The Hall–Kier alpha value is -3.21. The van der Waals surface area contributed by atoms with Crippen molar-refractivity contribution in [2.75, 3.05) is 0 Å². The van der Waals surface area contributed by atoms with E-state index in [0.29, 0.717) is 11.4 Å². The maximum absolute atomic E-state index is 10.3. The van der Waals surface area contributed by atoms with Gasteiger partial charge in [-0.15, -0.1) is 10.2 Å². The molecule has 5 heteroatoms. The average molecular weight is 302 g/mol. The quantitative estimate of drug-likeness (QED) is 0.538. The van der Waals surface area contributed by atoms with Crippen molar-refractivity contribution in [3.05, 3.63) is 60.8 Å². The molecule has 2 aromatic heterocycles. The zero-order valence-electron chi connectivity index (χ0n) is 12.5. The Balaban J connectivity index is 1.87. The number of para-hydroxylation sites is 2. The molecule has 5 nitrogen and oxygen atoms in total. The summed E-state index contributed by atoms with van der Waals surface area (Å²) in [5.74, 6) is 0.100. The third-order valence-corrected chi connectivity index (χ3v) is 3.92. The molecule has 4 aromatic rings. The average Bonchev–Trinajstić information content (AvgIpc) is 2.84. The van der Waals surface area contributed by atoms with E-state index in [0.717, 1.165) is 21.8 Å². The summed E-state index contributed by atoms with van der Waals surface area (Å²) in [5, 5.41) is 20.8. The second kappa shape index (κ2) is 5.21. The first-order valence-corrected chi connectivity index (χ1v) is 7.27. The van der Waals surface area contributed by atoms with Crippen molar-refractivity contribution in [3.8, 4) is 5.88 Å². The van der Waals surface area contributed by atoms with Gasteiger partial charge in [-0.1, -0.05) is 36.4 Å². The number of aromatic nitrogens is 2. The number of fused-ring (bicyclic) bond motifs is 2. The molecule has 0 fully saturated rings. The lowest BCUT2D eigenvalue weighted by atomic mass is 10.2. The molecule has 0 atom stereocenters. The van der Waals surface area contributed by atoms with E-state index in [2.05, 4.69) is 15.2 Å². The monoisotopic (exact) mass is 302 g/mol. The van der Waals surface area contributed by atoms with Gasteiger partial charge in [0, 0.05) is 24.0 Å². The number of pyridine rings is 1. The molecular formula is C18H14N4O. The maximum Gasteiger partial charge on any atom is 0.220 e. The first-order valence-electron chi connectivity index (χ1n) is 7.27. The van der Waals surface area contributed by atoms with Gasteiger partial charge in [0.25, 0.3) is 0 Å². The summed E-state index contributed by atoms with van der Waals surface area (Å²) >= 11 is 0. The topological polar surface area (TPSA) is 62.8 Å². The molecule has 0 unspecified atom stereocenters. The lowest BCUT2D eigenvalue weighted by Gasteiger charge is -1.99. The van der Waals surface area contributed by atoms with Crippen LogP contribution >= 0.6 is 0 Å². The Bertz CT molecular complexity index is 1040. The molecule has 4 rings (SSSR count). The first-order chi connectivity index (χ1) is 11.3. The summed E-state index contributed by atoms with van der Waals surface area (Å²) in [4.78, 5) is 4.36. The molecule has 0 radical (unpaired) electrons. The standard InChI is InChI=1S/C18H14N4O/c1-22-15-10-3-2-8-13(15)17(18(22)23)21-20-14-9-4-6-12-7-5-11-19-16(12)14/h2-11,23H,1H3. The summed E-state index contributed by atoms with van der Waals surface area (Å²) < 4.78 is 1.70. The van der Waals surface area contributed by atoms with Crippen molar-refractivity contribution in [2.24, 2.45) is 17.3 Å². The van der Waals surface area contributed by atoms with Crippen LogP contribution in [0.5, 0.6) is 5.88 Å². The highest BCUT2D eigenvalue weighted by atomic mass is 16.3. The van der Waals surface area contributed by atoms with Gasteiger partial charge in [-0.25, -0.2) is 0 Å². The third-order valence-electron chi connectivity index (χ3n) is 3.92. The van der Waals surface area contributed by atoms with Crippen LogP contribution < -0.4 is 0 Å². The van der Waals surface area contributed by atoms with Crippen LogP contribution in [0.4, 0.5) is 11.4 Å². The van der Waals surface area contributed by atoms with E-state index in [4.69, 9.17) is 0 Å². The van der Waals surface area contributed by atoms with E-state index in [1.807, 2.05) is 54.6 Å². The fraction of sp³-hybridized carbons (Fsp3) is 0.0556. The first kappa shape index (κ1) is 13.5. The van der Waals surface area contributed by atoms with Crippen LogP contribution in [0.3, 0.4) is 0 Å². The summed E-state index contributed by atoms with van der Waals surface area (Å²) in [5.41, 5.74) is 2.85. The number of hydrogen-bond donors (Lipinski definition) is 1. The lowest BCUT2D eigenvalue weighted by molar-refractivity contribution is 0.436. The van der Waals surface area contributed by atoms with Gasteiger partial charge in [0.05, 0.1) is 11.0 Å². The Morgan fingerprint density at radius 1 is 0.957 bits per heavy atom. The van der Waals surface area contributed by atoms with Crippen LogP contribution in [0.1, 0.15) is 0 Å². The van der Waals surface area contributed by atoms with Crippen LogP contribution in [0.15, 0.2) is 71.0 Å². The van der Waals surface area contributed by atoms with Crippen molar-refractivity contribution >= 4 is 33.2 Å². The number of rotatable bonds is 2. The minimum absolute atomic E-state index is 0.100. The molecule has 0 spiro atoms. The third kappa shape index (κ3) is 2.14. The smallest absolute Gasteiger partial charge is 0.220 e. The number of azo groups is 1. The normalized spacial score (nSPS) is 11.7. The summed E-state index contributed by atoms with van der Waals surface area (Å²) in [6.07, 6.45) is 1.73. The second-order valence-corrected chi connectivity index (χ2v) is 5.30. The van der Waals surface area contributed by atoms with E-state index >= 15 is 0 Å². The predicted octanol–water partition coefficient (Wildman–Crippen LogP) is 4.85. The molecular weight excluding hydrogens is 288 g/mol. The number of benzene rings is 2. The summed E-state index contributed by atoms with van der Waals surface area (Å²) in [7, 11) is 1.80. The summed E-state index contributed by atoms with van der Waals surface area (Å²) in [6.45, 7) is 0. The maximum atomic E-state index is 10.3. The molecule has 23 heavy (non-hydrogen) atoms. The highest BCUT2D eigenvalue weighted by Gasteiger charge is 2.13. The van der Waals surface area contributed by atoms with Crippen LogP contribution in [-0.2, 0) is 7.05 Å². The Morgan fingerprint density at radius 2 is 1.78 bits per heavy atom. The highest BCUT2D eigenvalue weighted by molar-refractivity contribution is 5.95. The van der Waals surface area contributed by atoms with Crippen LogP contribution in [-0.4, -0.2) is 14.7 Å². The summed E-state index contributed by atoms with van der Waals surface area (Å²) in [6, 6.07) is 17.3. The predicted molar refractivity (Wildman–Crippen MR) is 90.5 cm³/mol. The molecule has 2 aromatic carbocycles. The molecule has 0 aliphatic rings. The Labute approximate surface area is 132 Å². The highest BCUT2D eigenvalue weighted by Crippen LogP contribution is 2.38. The molecule has 0 saturated carbocycles. The molecule has 112 valence electrons. The van der Waals surface area contributed by atoms with Crippen molar-refractivity contribution in [1.29, 1.82) is 0 Å². The van der Waals surface area contributed by atoms with E-state index in [1.165, 1.54) is 0 Å². The van der Waals surface area contributed by atoms with Crippen molar-refractivity contribution in [3.63, 3.8) is 0 Å². The van der Waals surface area contributed by atoms with Crippen molar-refractivity contribution in [2.45, 2.75) is 0 Å². The molecule has 0 bridgehead atoms. The van der Waals surface area contributed by atoms with Gasteiger partial charge in [0.15, 0.2) is 5.69 Å². The Morgan fingerprint density at radius 3 is 2.70 bits per heavy atom. The van der Waals surface area contributed by atoms with Crippen LogP contribution in [0.2, 0.25) is 0 Å². The Kier molecular flexibility index (Phi) is 3.05. The van der Waals surface area contributed by atoms with Gasteiger partial charge in [-0.2, -0.15) is 0 Å². The van der Waals surface area contributed by atoms with E-state index in [-0.39, 0.29) is 5.88 Å². The molecule has 0 aliphatic carbocycles. The molecule has 0 amide bonds. The fourth-order valence-electron chi connectivity index (χ4n) is 2.73. The van der Waals surface area contributed by atoms with Gasteiger partial charge < -0.3 is 9.67 Å². The molecule has 0 aliphatic heterocycles. The number of hydrogen-bond acceptors (Lipinski definition) is 4. The largest absolute Gasteiger partial charge is 0.493 e. The number of nitrogens with zero attached hydrogens (tertiary/aromatic N) is 4. The minimum Gasteiger partial charge on any atom is -0.493 e. The van der Waals surface area contributed by atoms with Gasteiger partial charge in [0.2, 0.25) is 5.88 Å². The molecule has 2 heterocycles. The van der Waals surface area contributed by atoms with Crippen molar-refractivity contribution < 1.29 is 5.11 Å². The van der Waals surface area contributed by atoms with Crippen LogP contribution in [0, 0.1) is 0 Å². The van der Waals surface area contributed by atoms with Crippen LogP contribution in [0.25, 0.3) is 21.8 Å². The van der Waals surface area contributed by atoms with E-state index < -0.39 is 0 Å². The zero-order valence-corrected chi connectivity index (χ0v) is 12.5. The van der Waals surface area contributed by atoms with Gasteiger partial charge in [-0.05, 0) is 18.2 Å². The zero-order chi connectivity index (χ0) is 15.8. The minimum atomic E-state index is 0.100. The number of aryl methyl sites for hydroxylation is 1. The molecule has 1 N–H and O–H groups in total. The van der Waals surface area contributed by atoms with E-state index in [9.17, 15) is 5.11 Å². The van der Waals surface area contributed by atoms with Crippen molar-refractivity contribution in [1.82, 2.24) is 9.55 Å². The second-order valence-electron chi connectivity index (χ2n) is 5.30. The fourth-order valence-corrected chi connectivity index (χ4v) is 2.73. The lowest BCUT2D eigenvalue weighted by Crippen LogP contribution is -1.84. The van der Waals surface area contributed by atoms with Gasteiger partial charge in [0.1, 0.15) is 5.69 Å². The SMILES string of the molecule is Cn1c(O)c(N=Nc2cccc3cccnc23)c2ccccc21. The molecule has 0 saturated heterocycles. The van der Waals surface area contributed by atoms with E-state index in [1.54, 1.807) is 17.8 Å².